The normalized spacial score (nSPS) is 15.2. The minimum atomic E-state index is -1.53. The van der Waals surface area contributed by atoms with Gasteiger partial charge in [0.1, 0.15) is 8.07 Å². The van der Waals surface area contributed by atoms with Gasteiger partial charge in [-0.05, 0) is 93.0 Å². The van der Waals surface area contributed by atoms with E-state index in [0.717, 1.165) is 28.1 Å². The zero-order valence-electron chi connectivity index (χ0n) is 25.5. The summed E-state index contributed by atoms with van der Waals surface area (Å²) in [4.78, 5) is 9.03. The van der Waals surface area contributed by atoms with E-state index in [2.05, 4.69) is 138 Å². The molecule has 212 valence electrons. The summed E-state index contributed by atoms with van der Waals surface area (Å²) in [6, 6.07) is 41.2. The lowest BCUT2D eigenvalue weighted by Gasteiger charge is -2.30. The standard InChI is InChI=1S/C42H30N2Si/c1-45(2,3)25-23-30-18-21-35-33-11-5-7-13-37(33)42(39(35)27-30)36-12-6-4-10-32(36)34-20-17-29(26-38(34)42)15-16-31-19-22-41(44-28-31)40-14-8-9-24-43-40/h4-14,17-22,24,26-28H,1-3H3. The van der Waals surface area contributed by atoms with Crippen LogP contribution in [-0.2, 0) is 5.41 Å². The van der Waals surface area contributed by atoms with Gasteiger partial charge in [0, 0.05) is 29.1 Å². The molecular formula is C42H30N2Si. The van der Waals surface area contributed by atoms with Crippen LogP contribution in [0.3, 0.4) is 0 Å². The van der Waals surface area contributed by atoms with Crippen LogP contribution in [-0.4, -0.2) is 18.0 Å². The first kappa shape index (κ1) is 27.1. The van der Waals surface area contributed by atoms with Crippen LogP contribution in [0.4, 0.5) is 0 Å². The fraction of sp³-hybridized carbons (Fsp3) is 0.0952. The van der Waals surface area contributed by atoms with Crippen LogP contribution in [0.2, 0.25) is 19.6 Å². The summed E-state index contributed by atoms with van der Waals surface area (Å²) in [5, 5.41) is 0. The molecule has 1 atom stereocenters. The van der Waals surface area contributed by atoms with Crippen LogP contribution in [0.25, 0.3) is 33.6 Å². The Kier molecular flexibility index (Phi) is 6.21. The van der Waals surface area contributed by atoms with Gasteiger partial charge in [0.2, 0.25) is 0 Å². The Morgan fingerprint density at radius 1 is 0.489 bits per heavy atom. The predicted octanol–water partition coefficient (Wildman–Crippen LogP) is 9.12. The number of hydrogen-bond acceptors (Lipinski definition) is 2. The molecule has 45 heavy (non-hydrogen) atoms. The van der Waals surface area contributed by atoms with E-state index in [0.29, 0.717) is 0 Å². The van der Waals surface area contributed by atoms with E-state index in [9.17, 15) is 0 Å². The number of nitrogens with zero attached hydrogens (tertiary/aromatic N) is 2. The highest BCUT2D eigenvalue weighted by Crippen LogP contribution is 2.62. The highest BCUT2D eigenvalue weighted by molar-refractivity contribution is 6.83. The van der Waals surface area contributed by atoms with Gasteiger partial charge in [-0.1, -0.05) is 104 Å². The first-order chi connectivity index (χ1) is 21.9. The molecule has 8 rings (SSSR count). The fourth-order valence-corrected chi connectivity index (χ4v) is 7.35. The third-order valence-corrected chi connectivity index (χ3v) is 9.59. The molecule has 0 N–H and O–H groups in total. The smallest absolute Gasteiger partial charge is 0.129 e. The van der Waals surface area contributed by atoms with Gasteiger partial charge in [-0.25, -0.2) is 0 Å². The quantitative estimate of drug-likeness (QED) is 0.141. The van der Waals surface area contributed by atoms with Gasteiger partial charge in [0.25, 0.3) is 0 Å². The molecule has 0 saturated heterocycles. The molecule has 2 aromatic heterocycles. The molecule has 3 heteroatoms. The van der Waals surface area contributed by atoms with Gasteiger partial charge < -0.3 is 0 Å². The SMILES string of the molecule is C[Si](C)(C)C#Cc1ccc2c(c1)C1(c3ccccc3-c3ccc(C#Cc4ccc(-c5ccccn5)nc4)cc31)c1ccccc1-2. The van der Waals surface area contributed by atoms with Gasteiger partial charge in [-0.2, -0.15) is 0 Å². The van der Waals surface area contributed by atoms with Crippen molar-refractivity contribution in [2.45, 2.75) is 25.1 Å². The Hall–Kier alpha value is -5.48. The Morgan fingerprint density at radius 3 is 1.60 bits per heavy atom. The second kappa shape index (κ2) is 10.3. The highest BCUT2D eigenvalue weighted by atomic mass is 28.3. The molecule has 2 aliphatic carbocycles. The molecule has 2 aliphatic rings. The van der Waals surface area contributed by atoms with E-state index in [4.69, 9.17) is 0 Å². The van der Waals surface area contributed by atoms with Crippen molar-refractivity contribution in [1.82, 2.24) is 9.97 Å². The van der Waals surface area contributed by atoms with E-state index >= 15 is 0 Å². The van der Waals surface area contributed by atoms with Crippen LogP contribution in [0.15, 0.2) is 128 Å². The summed E-state index contributed by atoms with van der Waals surface area (Å²) in [6.45, 7) is 6.88. The number of benzene rings is 4. The molecular weight excluding hydrogens is 561 g/mol. The summed E-state index contributed by atoms with van der Waals surface area (Å²) < 4.78 is 0. The Labute approximate surface area is 265 Å². The summed E-state index contributed by atoms with van der Waals surface area (Å²) in [6.07, 6.45) is 3.61. The summed E-state index contributed by atoms with van der Waals surface area (Å²) in [7, 11) is -1.53. The van der Waals surface area contributed by atoms with Crippen molar-refractivity contribution in [2.75, 3.05) is 0 Å². The van der Waals surface area contributed by atoms with Crippen LogP contribution in [0.1, 0.15) is 38.9 Å². The third-order valence-electron chi connectivity index (χ3n) is 8.71. The van der Waals surface area contributed by atoms with E-state index in [1.807, 2.05) is 36.5 Å². The maximum Gasteiger partial charge on any atom is 0.129 e. The molecule has 6 aromatic rings. The maximum absolute atomic E-state index is 4.62. The zero-order chi connectivity index (χ0) is 30.6. The first-order valence-electron chi connectivity index (χ1n) is 15.3. The van der Waals surface area contributed by atoms with E-state index in [1.165, 1.54) is 44.5 Å². The molecule has 2 heterocycles. The van der Waals surface area contributed by atoms with Crippen molar-refractivity contribution in [2.24, 2.45) is 0 Å². The first-order valence-corrected chi connectivity index (χ1v) is 18.8. The lowest BCUT2D eigenvalue weighted by molar-refractivity contribution is 0.793. The van der Waals surface area contributed by atoms with Gasteiger partial charge in [0.05, 0.1) is 16.8 Å². The Balaban J connectivity index is 1.29. The molecule has 0 bridgehead atoms. The Bertz CT molecular complexity index is 2240. The fourth-order valence-electron chi connectivity index (χ4n) is 6.83. The number of pyridine rings is 2. The van der Waals surface area contributed by atoms with Crippen LogP contribution in [0.5, 0.6) is 0 Å². The van der Waals surface area contributed by atoms with E-state index in [1.54, 1.807) is 6.20 Å². The van der Waals surface area contributed by atoms with Gasteiger partial charge >= 0.3 is 0 Å². The average Bonchev–Trinajstić information content (AvgIpc) is 3.53. The molecule has 1 spiro atoms. The number of rotatable bonds is 1. The van der Waals surface area contributed by atoms with Crippen molar-refractivity contribution in [3.8, 4) is 56.9 Å². The molecule has 0 saturated carbocycles. The van der Waals surface area contributed by atoms with E-state index in [-0.39, 0.29) is 0 Å². The van der Waals surface area contributed by atoms with Crippen molar-refractivity contribution >= 4 is 8.07 Å². The van der Waals surface area contributed by atoms with Crippen molar-refractivity contribution in [3.05, 3.63) is 167 Å². The molecule has 0 fully saturated rings. The monoisotopic (exact) mass is 590 g/mol. The van der Waals surface area contributed by atoms with Crippen LogP contribution in [0, 0.1) is 23.3 Å². The topological polar surface area (TPSA) is 25.8 Å². The van der Waals surface area contributed by atoms with E-state index < -0.39 is 13.5 Å². The predicted molar refractivity (Wildman–Crippen MR) is 186 cm³/mol. The number of aromatic nitrogens is 2. The summed E-state index contributed by atoms with van der Waals surface area (Å²) in [5.41, 5.74) is 18.1. The minimum Gasteiger partial charge on any atom is -0.255 e. The van der Waals surface area contributed by atoms with Gasteiger partial charge in [-0.3, -0.25) is 9.97 Å². The van der Waals surface area contributed by atoms with Crippen LogP contribution >= 0.6 is 0 Å². The number of hydrogen-bond donors (Lipinski definition) is 0. The zero-order valence-corrected chi connectivity index (χ0v) is 26.5. The molecule has 2 nitrogen and oxygen atoms in total. The maximum atomic E-state index is 4.62. The summed E-state index contributed by atoms with van der Waals surface area (Å²) in [5.74, 6) is 10.4. The molecule has 0 amide bonds. The van der Waals surface area contributed by atoms with Crippen molar-refractivity contribution in [3.63, 3.8) is 0 Å². The molecule has 0 aliphatic heterocycles. The lowest BCUT2D eigenvalue weighted by atomic mass is 9.70. The second-order valence-electron chi connectivity index (χ2n) is 12.8. The average molecular weight is 591 g/mol. The third kappa shape index (κ3) is 4.44. The second-order valence-corrected chi connectivity index (χ2v) is 17.5. The molecule has 0 radical (unpaired) electrons. The van der Waals surface area contributed by atoms with Gasteiger partial charge in [0.15, 0.2) is 0 Å². The Morgan fingerprint density at radius 2 is 1.02 bits per heavy atom. The number of fused-ring (bicyclic) bond motifs is 10. The largest absolute Gasteiger partial charge is 0.255 e. The highest BCUT2D eigenvalue weighted by Gasteiger charge is 2.51. The lowest BCUT2D eigenvalue weighted by Crippen LogP contribution is -2.26. The van der Waals surface area contributed by atoms with Crippen LogP contribution < -0.4 is 0 Å². The van der Waals surface area contributed by atoms with Gasteiger partial charge in [-0.15, -0.1) is 5.54 Å². The molecule has 4 aromatic carbocycles. The van der Waals surface area contributed by atoms with Crippen molar-refractivity contribution < 1.29 is 0 Å². The van der Waals surface area contributed by atoms with Crippen molar-refractivity contribution in [1.29, 1.82) is 0 Å². The minimum absolute atomic E-state index is 0.432. The molecule has 1 unspecified atom stereocenters. The summed E-state index contributed by atoms with van der Waals surface area (Å²) >= 11 is 0.